The van der Waals surface area contributed by atoms with Crippen molar-refractivity contribution in [1.29, 1.82) is 0 Å². The third-order valence-corrected chi connectivity index (χ3v) is 9.73. The summed E-state index contributed by atoms with van der Waals surface area (Å²) in [4.78, 5) is 15.4. The number of rotatable bonds is 3. The Morgan fingerprint density at radius 2 is 0.915 bits per heavy atom. The minimum atomic E-state index is -0.226. The highest BCUT2D eigenvalue weighted by Gasteiger charge is 2.38. The molecule has 0 aliphatic heterocycles. The van der Waals surface area contributed by atoms with E-state index in [-0.39, 0.29) is 5.41 Å². The molecule has 10 rings (SSSR count). The summed E-state index contributed by atoms with van der Waals surface area (Å²) >= 11 is 0. The Bertz CT molecular complexity index is 2600. The maximum atomic E-state index is 6.26. The van der Waals surface area contributed by atoms with Crippen LogP contribution in [-0.4, -0.2) is 15.0 Å². The molecule has 1 aliphatic rings. The average molecular weight is 606 g/mol. The fraction of sp³-hybridized carbons (Fsp3) is 0.0714. The summed E-state index contributed by atoms with van der Waals surface area (Å²) in [5.74, 6) is 1.81. The zero-order chi connectivity index (χ0) is 31.3. The predicted molar refractivity (Wildman–Crippen MR) is 188 cm³/mol. The number of aromatic nitrogens is 3. The van der Waals surface area contributed by atoms with E-state index in [0.29, 0.717) is 17.5 Å². The first kappa shape index (κ1) is 26.2. The minimum absolute atomic E-state index is 0.226. The molecular formula is C42H27N3O2. The summed E-state index contributed by atoms with van der Waals surface area (Å²) in [6.45, 7) is 4.57. The van der Waals surface area contributed by atoms with Crippen LogP contribution >= 0.6 is 0 Å². The van der Waals surface area contributed by atoms with Gasteiger partial charge in [-0.3, -0.25) is 0 Å². The second-order valence-corrected chi connectivity index (χ2v) is 12.8. The second kappa shape index (κ2) is 9.47. The van der Waals surface area contributed by atoms with Crippen LogP contribution in [0.4, 0.5) is 0 Å². The molecule has 0 bridgehead atoms. The highest BCUT2D eigenvalue weighted by atomic mass is 16.3. The molecule has 0 unspecified atom stereocenters. The van der Waals surface area contributed by atoms with E-state index in [1.807, 2.05) is 48.5 Å². The first-order valence-corrected chi connectivity index (χ1v) is 15.9. The first-order valence-electron chi connectivity index (χ1n) is 15.9. The third kappa shape index (κ3) is 3.80. The zero-order valence-corrected chi connectivity index (χ0v) is 25.8. The number of hydrogen-bond acceptors (Lipinski definition) is 5. The monoisotopic (exact) mass is 605 g/mol. The van der Waals surface area contributed by atoms with Crippen molar-refractivity contribution in [3.05, 3.63) is 139 Å². The quantitative estimate of drug-likeness (QED) is 0.200. The summed E-state index contributed by atoms with van der Waals surface area (Å²) in [7, 11) is 0. The highest BCUT2D eigenvalue weighted by Crippen LogP contribution is 2.51. The summed E-state index contributed by atoms with van der Waals surface area (Å²) in [5, 5.41) is 4.31. The number of para-hydroxylation sites is 2. The number of fused-ring (bicyclic) bond motifs is 9. The topological polar surface area (TPSA) is 65.0 Å². The van der Waals surface area contributed by atoms with Gasteiger partial charge in [-0.2, -0.15) is 0 Å². The van der Waals surface area contributed by atoms with Gasteiger partial charge in [-0.15, -0.1) is 0 Å². The van der Waals surface area contributed by atoms with Gasteiger partial charge in [0, 0.05) is 43.7 Å². The Hall–Kier alpha value is -6.07. The van der Waals surface area contributed by atoms with Gasteiger partial charge in [-0.05, 0) is 58.7 Å². The normalized spacial score (nSPS) is 13.5. The van der Waals surface area contributed by atoms with Gasteiger partial charge in [-0.25, -0.2) is 15.0 Å². The molecule has 3 aromatic heterocycles. The van der Waals surface area contributed by atoms with Crippen LogP contribution < -0.4 is 0 Å². The van der Waals surface area contributed by atoms with Gasteiger partial charge in [0.05, 0.1) is 0 Å². The number of hydrogen-bond donors (Lipinski definition) is 0. The Labute approximate surface area is 270 Å². The molecule has 0 radical (unpaired) electrons. The molecule has 0 fully saturated rings. The lowest BCUT2D eigenvalue weighted by Gasteiger charge is -2.24. The van der Waals surface area contributed by atoms with Crippen LogP contribution in [0.5, 0.6) is 0 Å². The Morgan fingerprint density at radius 1 is 0.426 bits per heavy atom. The molecule has 0 amide bonds. The smallest absolute Gasteiger partial charge is 0.164 e. The molecule has 9 aromatic rings. The molecule has 0 spiro atoms. The summed E-state index contributed by atoms with van der Waals surface area (Å²) in [6.07, 6.45) is 0. The molecule has 0 saturated carbocycles. The summed E-state index contributed by atoms with van der Waals surface area (Å²) in [5.41, 5.74) is 10.8. The fourth-order valence-electron chi connectivity index (χ4n) is 7.52. The van der Waals surface area contributed by atoms with E-state index >= 15 is 0 Å². The average Bonchev–Trinajstić information content (AvgIpc) is 3.75. The molecule has 222 valence electrons. The Kier molecular flexibility index (Phi) is 5.28. The predicted octanol–water partition coefficient (Wildman–Crippen LogP) is 11.0. The van der Waals surface area contributed by atoms with Crippen LogP contribution in [0.3, 0.4) is 0 Å². The molecule has 0 atom stereocenters. The molecule has 6 aromatic carbocycles. The summed E-state index contributed by atoms with van der Waals surface area (Å²) in [6, 6.07) is 43.8. The first-order chi connectivity index (χ1) is 23.0. The molecule has 5 heteroatoms. The van der Waals surface area contributed by atoms with Crippen molar-refractivity contribution in [1.82, 2.24) is 15.0 Å². The van der Waals surface area contributed by atoms with E-state index in [2.05, 4.69) is 92.7 Å². The second-order valence-electron chi connectivity index (χ2n) is 12.8. The third-order valence-electron chi connectivity index (χ3n) is 9.73. The molecule has 0 saturated heterocycles. The molecule has 0 N–H and O–H groups in total. The molecule has 47 heavy (non-hydrogen) atoms. The van der Waals surface area contributed by atoms with Crippen LogP contribution in [0.2, 0.25) is 0 Å². The Morgan fingerprint density at radius 3 is 1.55 bits per heavy atom. The SMILES string of the molecule is CC1(C)c2ccccc2-c2cccc(-c3nc(-c4ccc5c(c4)oc4ccccc45)nc(-c4ccc5c(c4)oc4ccccc45)n3)c21. The largest absolute Gasteiger partial charge is 0.456 e. The summed E-state index contributed by atoms with van der Waals surface area (Å²) < 4.78 is 12.5. The van der Waals surface area contributed by atoms with Crippen molar-refractivity contribution in [3.8, 4) is 45.3 Å². The minimum Gasteiger partial charge on any atom is -0.456 e. The number of furan rings is 2. The van der Waals surface area contributed by atoms with Gasteiger partial charge in [0.15, 0.2) is 17.5 Å². The van der Waals surface area contributed by atoms with Crippen molar-refractivity contribution in [2.75, 3.05) is 0 Å². The number of nitrogens with zero attached hydrogens (tertiary/aromatic N) is 3. The maximum Gasteiger partial charge on any atom is 0.164 e. The van der Waals surface area contributed by atoms with E-state index in [1.165, 1.54) is 22.3 Å². The van der Waals surface area contributed by atoms with Crippen LogP contribution in [0.1, 0.15) is 25.0 Å². The molecule has 3 heterocycles. The lowest BCUT2D eigenvalue weighted by molar-refractivity contribution is 0.661. The van der Waals surface area contributed by atoms with E-state index in [9.17, 15) is 0 Å². The molecule has 1 aliphatic carbocycles. The van der Waals surface area contributed by atoms with Gasteiger partial charge in [0.1, 0.15) is 22.3 Å². The van der Waals surface area contributed by atoms with Crippen LogP contribution in [0, 0.1) is 0 Å². The Balaban J connectivity index is 1.21. The molecule has 5 nitrogen and oxygen atoms in total. The standard InChI is InChI=1S/C42H27N3O2/c1-42(2)33-15-6-3-10-26(33)31-13-9-14-32(38(31)42)41-44-39(24-18-20-29-27-11-4-7-16-34(27)46-36(29)22-24)43-40(45-41)25-19-21-30-28-12-5-8-17-35(28)47-37(30)23-25/h3-23H,1-2H3. The van der Waals surface area contributed by atoms with E-state index < -0.39 is 0 Å². The van der Waals surface area contributed by atoms with Crippen molar-refractivity contribution >= 4 is 43.9 Å². The fourth-order valence-corrected chi connectivity index (χ4v) is 7.52. The van der Waals surface area contributed by atoms with Gasteiger partial charge in [-0.1, -0.05) is 105 Å². The van der Waals surface area contributed by atoms with Crippen LogP contribution in [0.25, 0.3) is 89.2 Å². The van der Waals surface area contributed by atoms with E-state index in [1.54, 1.807) is 0 Å². The van der Waals surface area contributed by atoms with Crippen LogP contribution in [0.15, 0.2) is 136 Å². The van der Waals surface area contributed by atoms with Gasteiger partial charge < -0.3 is 8.83 Å². The van der Waals surface area contributed by atoms with E-state index in [4.69, 9.17) is 23.8 Å². The maximum absolute atomic E-state index is 6.26. The highest BCUT2D eigenvalue weighted by molar-refractivity contribution is 6.06. The van der Waals surface area contributed by atoms with Crippen molar-refractivity contribution in [2.24, 2.45) is 0 Å². The van der Waals surface area contributed by atoms with Gasteiger partial charge in [0.25, 0.3) is 0 Å². The lowest BCUT2D eigenvalue weighted by Crippen LogP contribution is -2.17. The number of benzene rings is 6. The van der Waals surface area contributed by atoms with Crippen molar-refractivity contribution < 1.29 is 8.83 Å². The lowest BCUT2D eigenvalue weighted by atomic mass is 9.80. The molecular weight excluding hydrogens is 578 g/mol. The van der Waals surface area contributed by atoms with Crippen molar-refractivity contribution in [2.45, 2.75) is 19.3 Å². The van der Waals surface area contributed by atoms with E-state index in [0.717, 1.165) is 60.6 Å². The van der Waals surface area contributed by atoms with Gasteiger partial charge >= 0.3 is 0 Å². The van der Waals surface area contributed by atoms with Gasteiger partial charge in [0.2, 0.25) is 0 Å². The van der Waals surface area contributed by atoms with Crippen LogP contribution in [-0.2, 0) is 5.41 Å². The zero-order valence-electron chi connectivity index (χ0n) is 25.8. The van der Waals surface area contributed by atoms with Crippen molar-refractivity contribution in [3.63, 3.8) is 0 Å².